The molecule has 1 N–H and O–H groups in total. The molecule has 1 amide bonds. The maximum Gasteiger partial charge on any atom is 0.416 e. The van der Waals surface area contributed by atoms with E-state index >= 15 is 0 Å². The van der Waals surface area contributed by atoms with Gasteiger partial charge in [0.1, 0.15) is 0 Å². The van der Waals surface area contributed by atoms with Crippen molar-refractivity contribution in [2.75, 3.05) is 5.32 Å². The van der Waals surface area contributed by atoms with Crippen LogP contribution in [0.4, 0.5) is 18.9 Å². The zero-order valence-electron chi connectivity index (χ0n) is 12.6. The number of hydrogen-bond acceptors (Lipinski definition) is 1. The topological polar surface area (TPSA) is 29.1 Å². The van der Waals surface area contributed by atoms with Crippen molar-refractivity contribution in [1.29, 1.82) is 0 Å². The van der Waals surface area contributed by atoms with Crippen molar-refractivity contribution in [2.24, 2.45) is 0 Å². The molecule has 0 aliphatic heterocycles. The quantitative estimate of drug-likeness (QED) is 0.809. The van der Waals surface area contributed by atoms with Crippen LogP contribution in [0.3, 0.4) is 0 Å². The molecule has 0 spiro atoms. The molecule has 23 heavy (non-hydrogen) atoms. The first-order valence-electron chi connectivity index (χ1n) is 6.79. The van der Waals surface area contributed by atoms with Gasteiger partial charge in [0.25, 0.3) is 5.91 Å². The first kappa shape index (κ1) is 16.6. The Labute approximate surface area is 132 Å². The average Bonchev–Trinajstić information content (AvgIpc) is 2.48. The largest absolute Gasteiger partial charge is 0.416 e. The van der Waals surface area contributed by atoms with Crippen molar-refractivity contribution >= 4 is 11.6 Å². The number of amides is 1. The first-order valence-corrected chi connectivity index (χ1v) is 6.79. The van der Waals surface area contributed by atoms with E-state index in [4.69, 9.17) is 6.42 Å². The fourth-order valence-corrected chi connectivity index (χ4v) is 2.13. The minimum atomic E-state index is -4.47. The third kappa shape index (κ3) is 3.72. The molecule has 0 unspecified atom stereocenters. The van der Waals surface area contributed by atoms with Crippen LogP contribution < -0.4 is 5.32 Å². The van der Waals surface area contributed by atoms with Crippen molar-refractivity contribution < 1.29 is 18.0 Å². The van der Waals surface area contributed by atoms with Crippen LogP contribution in [0.1, 0.15) is 32.6 Å². The van der Waals surface area contributed by atoms with Crippen molar-refractivity contribution in [2.45, 2.75) is 20.0 Å². The number of aryl methyl sites for hydroxylation is 2. The molecule has 5 heteroatoms. The molecular weight excluding hydrogens is 303 g/mol. The second-order valence-electron chi connectivity index (χ2n) is 5.16. The van der Waals surface area contributed by atoms with E-state index in [-0.39, 0.29) is 16.8 Å². The zero-order chi connectivity index (χ0) is 17.2. The van der Waals surface area contributed by atoms with Crippen LogP contribution in [0.15, 0.2) is 36.4 Å². The number of nitrogens with one attached hydrogen (secondary N) is 1. The molecule has 0 saturated heterocycles. The highest BCUT2D eigenvalue weighted by molar-refractivity contribution is 6.04. The summed E-state index contributed by atoms with van der Waals surface area (Å²) in [5.74, 6) is 1.95. The summed E-state index contributed by atoms with van der Waals surface area (Å²) in [6.45, 7) is 3.18. The van der Waals surface area contributed by atoms with Gasteiger partial charge in [-0.25, -0.2) is 0 Å². The molecule has 0 aliphatic rings. The molecular formula is C18H14F3NO. The first-order chi connectivity index (χ1) is 10.7. The van der Waals surface area contributed by atoms with Gasteiger partial charge in [0.05, 0.1) is 5.56 Å². The number of terminal acetylenes is 1. The van der Waals surface area contributed by atoms with Gasteiger partial charge in [0.2, 0.25) is 0 Å². The molecule has 0 radical (unpaired) electrons. The molecule has 0 heterocycles. The van der Waals surface area contributed by atoms with E-state index in [1.165, 1.54) is 25.1 Å². The van der Waals surface area contributed by atoms with Crippen molar-refractivity contribution in [3.63, 3.8) is 0 Å². The van der Waals surface area contributed by atoms with Crippen LogP contribution in [-0.4, -0.2) is 5.91 Å². The number of alkyl halides is 3. The summed E-state index contributed by atoms with van der Waals surface area (Å²) in [5, 5.41) is 2.46. The van der Waals surface area contributed by atoms with E-state index in [2.05, 4.69) is 11.2 Å². The van der Waals surface area contributed by atoms with Crippen LogP contribution in [0.2, 0.25) is 0 Å². The number of halogens is 3. The van der Waals surface area contributed by atoms with Crippen LogP contribution in [-0.2, 0) is 6.18 Å². The van der Waals surface area contributed by atoms with Crippen molar-refractivity contribution in [1.82, 2.24) is 0 Å². The molecule has 0 atom stereocenters. The van der Waals surface area contributed by atoms with Gasteiger partial charge in [0, 0.05) is 16.8 Å². The maximum atomic E-state index is 12.9. The number of carbonyl (C=O) groups excluding carboxylic acids is 1. The Morgan fingerprint density at radius 1 is 1.09 bits per heavy atom. The van der Waals surface area contributed by atoms with Gasteiger partial charge in [-0.15, -0.1) is 6.42 Å². The van der Waals surface area contributed by atoms with Crippen LogP contribution >= 0.6 is 0 Å². The maximum absolute atomic E-state index is 12.9. The van der Waals surface area contributed by atoms with Gasteiger partial charge in [-0.1, -0.05) is 18.1 Å². The Morgan fingerprint density at radius 2 is 1.74 bits per heavy atom. The Morgan fingerprint density at radius 3 is 2.35 bits per heavy atom. The highest BCUT2D eigenvalue weighted by atomic mass is 19.4. The Balaban J connectivity index is 2.29. The molecule has 2 nitrogen and oxygen atoms in total. The van der Waals surface area contributed by atoms with Gasteiger partial charge in [0.15, 0.2) is 0 Å². The van der Waals surface area contributed by atoms with E-state index < -0.39 is 17.6 Å². The van der Waals surface area contributed by atoms with E-state index in [0.717, 1.165) is 11.6 Å². The summed E-state index contributed by atoms with van der Waals surface area (Å²) in [6, 6.07) is 8.47. The Hall–Kier alpha value is -2.74. The lowest BCUT2D eigenvalue weighted by Gasteiger charge is -2.13. The molecule has 118 valence electrons. The molecule has 0 bridgehead atoms. The van der Waals surface area contributed by atoms with E-state index in [0.29, 0.717) is 5.56 Å². The van der Waals surface area contributed by atoms with E-state index in [9.17, 15) is 18.0 Å². The molecule has 2 aromatic carbocycles. The second kappa shape index (κ2) is 6.17. The number of anilines is 1. The van der Waals surface area contributed by atoms with E-state index in [1.54, 1.807) is 12.1 Å². The minimum Gasteiger partial charge on any atom is -0.322 e. The summed E-state index contributed by atoms with van der Waals surface area (Å²) < 4.78 is 38.7. The lowest BCUT2D eigenvalue weighted by atomic mass is 10.0. The molecule has 0 aliphatic carbocycles. The predicted octanol–water partition coefficient (Wildman–Crippen LogP) is 4.56. The minimum absolute atomic E-state index is 0.0794. The lowest BCUT2D eigenvalue weighted by Crippen LogP contribution is -2.14. The molecule has 2 aromatic rings. The fourth-order valence-electron chi connectivity index (χ4n) is 2.13. The van der Waals surface area contributed by atoms with Crippen LogP contribution in [0, 0.1) is 26.2 Å². The van der Waals surface area contributed by atoms with Crippen LogP contribution in [0.25, 0.3) is 0 Å². The highest BCUT2D eigenvalue weighted by Gasteiger charge is 2.32. The van der Waals surface area contributed by atoms with Gasteiger partial charge in [-0.3, -0.25) is 4.79 Å². The normalized spacial score (nSPS) is 11.0. The molecule has 0 saturated carbocycles. The number of benzene rings is 2. The zero-order valence-corrected chi connectivity index (χ0v) is 12.6. The summed E-state index contributed by atoms with van der Waals surface area (Å²) in [7, 11) is 0. The van der Waals surface area contributed by atoms with Gasteiger partial charge in [-0.2, -0.15) is 13.2 Å². The summed E-state index contributed by atoms with van der Waals surface area (Å²) in [4.78, 5) is 12.2. The lowest BCUT2D eigenvalue weighted by molar-refractivity contribution is -0.138. The monoisotopic (exact) mass is 317 g/mol. The predicted molar refractivity (Wildman–Crippen MR) is 83.2 cm³/mol. The van der Waals surface area contributed by atoms with Crippen molar-refractivity contribution in [3.8, 4) is 12.3 Å². The third-order valence-corrected chi connectivity index (χ3v) is 3.46. The highest BCUT2D eigenvalue weighted by Crippen LogP contribution is 2.33. The smallest absolute Gasteiger partial charge is 0.322 e. The average molecular weight is 317 g/mol. The van der Waals surface area contributed by atoms with Gasteiger partial charge < -0.3 is 5.32 Å². The SMILES string of the molecule is C#Cc1cc(C(=O)Nc2ccc(C)c(C(F)(F)F)c2)ccc1C. The van der Waals surface area contributed by atoms with Crippen LogP contribution in [0.5, 0.6) is 0 Å². The number of hydrogen-bond donors (Lipinski definition) is 1. The van der Waals surface area contributed by atoms with Crippen molar-refractivity contribution in [3.05, 3.63) is 64.2 Å². The summed E-state index contributed by atoms with van der Waals surface area (Å²) >= 11 is 0. The molecule has 0 aromatic heterocycles. The van der Waals surface area contributed by atoms with Gasteiger partial charge >= 0.3 is 6.18 Å². The third-order valence-electron chi connectivity index (χ3n) is 3.46. The molecule has 0 fully saturated rings. The summed E-state index contributed by atoms with van der Waals surface area (Å²) in [6.07, 6.45) is 0.883. The Kier molecular flexibility index (Phi) is 4.46. The van der Waals surface area contributed by atoms with E-state index in [1.807, 2.05) is 6.92 Å². The second-order valence-corrected chi connectivity index (χ2v) is 5.16. The number of carbonyl (C=O) groups is 1. The number of rotatable bonds is 2. The van der Waals surface area contributed by atoms with Gasteiger partial charge in [-0.05, 0) is 49.2 Å². The fraction of sp³-hybridized carbons (Fsp3) is 0.167. The standard InChI is InChI=1S/C18H14F3NO/c1-4-13-9-14(7-5-11(13)2)17(23)22-15-8-6-12(3)16(10-15)18(19,20)21/h1,5-10H,2-3H3,(H,22,23). The Bertz CT molecular complexity index is 801. The molecule has 2 rings (SSSR count). The summed E-state index contributed by atoms with van der Waals surface area (Å²) in [5.41, 5.74) is 1.11.